The maximum absolute atomic E-state index is 11.5. The van der Waals surface area contributed by atoms with Gasteiger partial charge >= 0.3 is 0 Å². The molecule has 0 spiro atoms. The lowest BCUT2D eigenvalue weighted by atomic mass is 10.3. The van der Waals surface area contributed by atoms with Crippen LogP contribution >= 0.6 is 0 Å². The third kappa shape index (κ3) is 4.22. The smallest absolute Gasteiger partial charge is 0.250 e. The quantitative estimate of drug-likeness (QED) is 0.788. The van der Waals surface area contributed by atoms with Gasteiger partial charge in [-0.05, 0) is 18.2 Å². The molecule has 0 saturated carbocycles. The lowest BCUT2D eigenvalue weighted by Crippen LogP contribution is -2.21. The summed E-state index contributed by atoms with van der Waals surface area (Å²) in [5, 5.41) is 0. The first-order valence-electron chi connectivity index (χ1n) is 6.19. The molecule has 0 atom stereocenters. The van der Waals surface area contributed by atoms with Gasteiger partial charge in [-0.2, -0.15) is 0 Å². The van der Waals surface area contributed by atoms with Crippen LogP contribution in [0.5, 0.6) is 0 Å². The molecule has 2 aromatic heterocycles. The van der Waals surface area contributed by atoms with Crippen molar-refractivity contribution in [3.8, 4) is 0 Å². The predicted octanol–water partition coefficient (Wildman–Crippen LogP) is 1.08. The first kappa shape index (κ1) is 13.3. The average molecular weight is 259 g/mol. The van der Waals surface area contributed by atoms with Crippen molar-refractivity contribution >= 4 is 5.69 Å². The zero-order chi connectivity index (χ0) is 13.5. The lowest BCUT2D eigenvalue weighted by Gasteiger charge is -2.07. The highest BCUT2D eigenvalue weighted by Gasteiger charge is 1.97. The maximum atomic E-state index is 11.5. The SMILES string of the molecule is Nc1ccc(=O)n(CCOCCc2ccccn2)c1. The second-order valence-corrected chi connectivity index (χ2v) is 4.18. The molecule has 0 aliphatic carbocycles. The molecule has 0 aliphatic heterocycles. The molecule has 0 saturated heterocycles. The van der Waals surface area contributed by atoms with Gasteiger partial charge in [0.15, 0.2) is 0 Å². The summed E-state index contributed by atoms with van der Waals surface area (Å²) >= 11 is 0. The van der Waals surface area contributed by atoms with Crippen LogP contribution in [0.1, 0.15) is 5.69 Å². The van der Waals surface area contributed by atoms with Crippen molar-refractivity contribution in [2.45, 2.75) is 13.0 Å². The van der Waals surface area contributed by atoms with Crippen LogP contribution < -0.4 is 11.3 Å². The van der Waals surface area contributed by atoms with Gasteiger partial charge in [-0.1, -0.05) is 6.07 Å². The summed E-state index contributed by atoms with van der Waals surface area (Å²) in [5.41, 5.74) is 7.14. The number of nitrogens with two attached hydrogens (primary N) is 1. The fourth-order valence-electron chi connectivity index (χ4n) is 1.71. The van der Waals surface area contributed by atoms with Crippen molar-refractivity contribution in [3.05, 3.63) is 58.8 Å². The summed E-state index contributed by atoms with van der Waals surface area (Å²) in [6.07, 6.45) is 4.17. The molecule has 0 fully saturated rings. The molecule has 100 valence electrons. The van der Waals surface area contributed by atoms with E-state index in [-0.39, 0.29) is 5.56 Å². The molecule has 0 amide bonds. The first-order valence-corrected chi connectivity index (χ1v) is 6.19. The van der Waals surface area contributed by atoms with Gasteiger partial charge in [-0.15, -0.1) is 0 Å². The minimum atomic E-state index is -0.0671. The van der Waals surface area contributed by atoms with Crippen LogP contribution in [0.4, 0.5) is 5.69 Å². The van der Waals surface area contributed by atoms with Crippen LogP contribution in [0.3, 0.4) is 0 Å². The number of hydrogen-bond donors (Lipinski definition) is 1. The number of rotatable bonds is 6. The lowest BCUT2D eigenvalue weighted by molar-refractivity contribution is 0.128. The molecular weight excluding hydrogens is 242 g/mol. The van der Waals surface area contributed by atoms with Crippen LogP contribution in [0.2, 0.25) is 0 Å². The molecule has 0 aromatic carbocycles. The van der Waals surface area contributed by atoms with Crippen LogP contribution in [0, 0.1) is 0 Å². The molecule has 0 aliphatic rings. The van der Waals surface area contributed by atoms with Crippen LogP contribution in [-0.2, 0) is 17.7 Å². The Balaban J connectivity index is 1.72. The number of ether oxygens (including phenoxy) is 1. The Bertz CT molecular complexity index is 566. The summed E-state index contributed by atoms with van der Waals surface area (Å²) < 4.78 is 7.05. The molecular formula is C14H17N3O2. The van der Waals surface area contributed by atoms with Crippen LogP contribution in [0.15, 0.2) is 47.5 Å². The third-order valence-corrected chi connectivity index (χ3v) is 2.71. The summed E-state index contributed by atoms with van der Waals surface area (Å²) in [6.45, 7) is 1.58. The average Bonchev–Trinajstić information content (AvgIpc) is 2.43. The van der Waals surface area contributed by atoms with Gasteiger partial charge in [0.1, 0.15) is 0 Å². The summed E-state index contributed by atoms with van der Waals surface area (Å²) in [4.78, 5) is 15.7. The minimum Gasteiger partial charge on any atom is -0.398 e. The number of nitrogen functional groups attached to an aromatic ring is 1. The number of hydrogen-bond acceptors (Lipinski definition) is 4. The van der Waals surface area contributed by atoms with Crippen molar-refractivity contribution in [2.75, 3.05) is 18.9 Å². The second-order valence-electron chi connectivity index (χ2n) is 4.18. The van der Waals surface area contributed by atoms with Crippen LogP contribution in [-0.4, -0.2) is 22.8 Å². The van der Waals surface area contributed by atoms with E-state index >= 15 is 0 Å². The number of nitrogens with zero attached hydrogens (tertiary/aromatic N) is 2. The van der Waals surface area contributed by atoms with E-state index in [0.29, 0.717) is 25.4 Å². The zero-order valence-electron chi connectivity index (χ0n) is 10.7. The van der Waals surface area contributed by atoms with E-state index in [2.05, 4.69) is 4.98 Å². The summed E-state index contributed by atoms with van der Waals surface area (Å²) in [6, 6.07) is 8.86. The highest BCUT2D eigenvalue weighted by Crippen LogP contribution is 1.97. The predicted molar refractivity (Wildman–Crippen MR) is 73.9 cm³/mol. The van der Waals surface area contributed by atoms with E-state index in [1.54, 1.807) is 23.0 Å². The van der Waals surface area contributed by atoms with Crippen molar-refractivity contribution in [3.63, 3.8) is 0 Å². The Kier molecular flexibility index (Phi) is 4.69. The number of pyridine rings is 2. The molecule has 2 heterocycles. The van der Waals surface area contributed by atoms with Crippen LogP contribution in [0.25, 0.3) is 0 Å². The van der Waals surface area contributed by atoms with E-state index in [1.807, 2.05) is 18.2 Å². The fraction of sp³-hybridized carbons (Fsp3) is 0.286. The summed E-state index contributed by atoms with van der Waals surface area (Å²) in [7, 11) is 0. The Morgan fingerprint density at radius 2 is 2.11 bits per heavy atom. The van der Waals surface area contributed by atoms with Gasteiger partial charge in [0.2, 0.25) is 0 Å². The maximum Gasteiger partial charge on any atom is 0.250 e. The molecule has 19 heavy (non-hydrogen) atoms. The molecule has 5 nitrogen and oxygen atoms in total. The Labute approximate surface area is 111 Å². The molecule has 2 rings (SSSR count). The van der Waals surface area contributed by atoms with Gasteiger partial charge in [-0.25, -0.2) is 0 Å². The second kappa shape index (κ2) is 6.70. The number of aromatic nitrogens is 2. The van der Waals surface area contributed by atoms with E-state index in [0.717, 1.165) is 12.1 Å². The number of anilines is 1. The van der Waals surface area contributed by atoms with Crippen molar-refractivity contribution in [1.82, 2.24) is 9.55 Å². The molecule has 0 unspecified atom stereocenters. The van der Waals surface area contributed by atoms with Gasteiger partial charge in [0, 0.05) is 42.8 Å². The largest absolute Gasteiger partial charge is 0.398 e. The fourth-order valence-corrected chi connectivity index (χ4v) is 1.71. The Morgan fingerprint density at radius 3 is 2.89 bits per heavy atom. The molecule has 2 N–H and O–H groups in total. The highest BCUT2D eigenvalue weighted by atomic mass is 16.5. The first-order chi connectivity index (χ1) is 9.25. The molecule has 5 heteroatoms. The van der Waals surface area contributed by atoms with Crippen molar-refractivity contribution in [1.29, 1.82) is 0 Å². The van der Waals surface area contributed by atoms with E-state index in [1.165, 1.54) is 6.07 Å². The van der Waals surface area contributed by atoms with Gasteiger partial charge in [-0.3, -0.25) is 9.78 Å². The van der Waals surface area contributed by atoms with Gasteiger partial charge in [0.05, 0.1) is 13.2 Å². The monoisotopic (exact) mass is 259 g/mol. The third-order valence-electron chi connectivity index (χ3n) is 2.71. The topological polar surface area (TPSA) is 70.1 Å². The van der Waals surface area contributed by atoms with E-state index in [9.17, 15) is 4.79 Å². The Morgan fingerprint density at radius 1 is 1.21 bits per heavy atom. The Hall–Kier alpha value is -2.14. The molecule has 2 aromatic rings. The minimum absolute atomic E-state index is 0.0671. The standard InChI is InChI=1S/C14H17N3O2/c15-12-4-5-14(18)17(11-12)8-10-19-9-6-13-3-1-2-7-16-13/h1-5,7,11H,6,8-10,15H2. The summed E-state index contributed by atoms with van der Waals surface area (Å²) in [5.74, 6) is 0. The van der Waals surface area contributed by atoms with E-state index < -0.39 is 0 Å². The van der Waals surface area contributed by atoms with E-state index in [4.69, 9.17) is 10.5 Å². The normalized spacial score (nSPS) is 10.5. The van der Waals surface area contributed by atoms with Crippen molar-refractivity contribution in [2.24, 2.45) is 0 Å². The van der Waals surface area contributed by atoms with Gasteiger partial charge < -0.3 is 15.0 Å². The molecule has 0 radical (unpaired) electrons. The van der Waals surface area contributed by atoms with Crippen molar-refractivity contribution < 1.29 is 4.74 Å². The molecule has 0 bridgehead atoms. The van der Waals surface area contributed by atoms with Gasteiger partial charge in [0.25, 0.3) is 5.56 Å². The zero-order valence-corrected chi connectivity index (χ0v) is 10.7. The highest BCUT2D eigenvalue weighted by molar-refractivity contribution is 5.33.